The maximum Gasteiger partial charge on any atom is 0.243 e. The molecular weight excluding hydrogens is 418 g/mol. The smallest absolute Gasteiger partial charge is 0.243 e. The van der Waals surface area contributed by atoms with E-state index in [2.05, 4.69) is 36.2 Å². The molecule has 0 saturated carbocycles. The Hall–Kier alpha value is -2.03. The average molecular weight is 446 g/mol. The average Bonchev–Trinajstić information content (AvgIpc) is 2.88. The first kappa shape index (κ1) is 21.2. The second-order valence-corrected chi connectivity index (χ2v) is 11.0. The number of aryl methyl sites for hydroxylation is 1. The molecule has 2 heterocycles. The topological polar surface area (TPSA) is 69.7 Å². The summed E-state index contributed by atoms with van der Waals surface area (Å²) in [6.45, 7) is 8.25. The van der Waals surface area contributed by atoms with Gasteiger partial charge in [0.25, 0.3) is 0 Å². The van der Waals surface area contributed by atoms with Gasteiger partial charge in [-0.25, -0.2) is 8.42 Å². The number of hydrogen-bond acceptors (Lipinski definition) is 5. The lowest BCUT2D eigenvalue weighted by atomic mass is 10.1. The Morgan fingerprint density at radius 2 is 1.80 bits per heavy atom. The molecular formula is C22H27N3O3S2. The number of piperazine rings is 1. The summed E-state index contributed by atoms with van der Waals surface area (Å²) in [6, 6.07) is 11.3. The number of anilines is 2. The number of thioether (sulfide) groups is 1. The highest BCUT2D eigenvalue weighted by Crippen LogP contribution is 2.35. The molecule has 1 N–H and O–H groups in total. The molecule has 6 nitrogen and oxygen atoms in total. The van der Waals surface area contributed by atoms with Gasteiger partial charge in [0.15, 0.2) is 0 Å². The largest absolute Gasteiger partial charge is 0.369 e. The van der Waals surface area contributed by atoms with Crippen molar-refractivity contribution >= 4 is 39.1 Å². The fourth-order valence-corrected chi connectivity index (χ4v) is 6.30. The lowest BCUT2D eigenvalue weighted by Gasteiger charge is -2.36. The normalized spacial score (nSPS) is 20.4. The van der Waals surface area contributed by atoms with Gasteiger partial charge in [0, 0.05) is 48.4 Å². The zero-order chi connectivity index (χ0) is 21.5. The highest BCUT2D eigenvalue weighted by Gasteiger charge is 2.30. The van der Waals surface area contributed by atoms with Crippen LogP contribution in [0.25, 0.3) is 0 Å². The van der Waals surface area contributed by atoms with Gasteiger partial charge in [-0.3, -0.25) is 4.79 Å². The number of hydrogen-bond donors (Lipinski definition) is 1. The van der Waals surface area contributed by atoms with Crippen molar-refractivity contribution in [1.29, 1.82) is 0 Å². The Bertz CT molecular complexity index is 1080. The minimum absolute atomic E-state index is 0.0714. The number of fused-ring (bicyclic) bond motifs is 1. The first-order chi connectivity index (χ1) is 14.3. The molecule has 2 aromatic rings. The van der Waals surface area contributed by atoms with Gasteiger partial charge in [0.1, 0.15) is 0 Å². The fraction of sp³-hybridized carbons (Fsp3) is 0.409. The van der Waals surface area contributed by atoms with Crippen molar-refractivity contribution in [3.8, 4) is 0 Å². The van der Waals surface area contributed by atoms with E-state index in [0.717, 1.165) is 4.90 Å². The van der Waals surface area contributed by atoms with Crippen LogP contribution in [0, 0.1) is 19.8 Å². The van der Waals surface area contributed by atoms with Crippen molar-refractivity contribution in [2.45, 2.75) is 30.6 Å². The first-order valence-electron chi connectivity index (χ1n) is 10.2. The third-order valence-corrected chi connectivity index (χ3v) is 9.17. The maximum absolute atomic E-state index is 13.3. The molecule has 0 bridgehead atoms. The summed E-state index contributed by atoms with van der Waals surface area (Å²) in [6.07, 6.45) is 0. The van der Waals surface area contributed by atoms with Gasteiger partial charge in [0.05, 0.1) is 10.6 Å². The molecule has 2 aliphatic heterocycles. The van der Waals surface area contributed by atoms with Crippen LogP contribution in [-0.2, 0) is 14.8 Å². The summed E-state index contributed by atoms with van der Waals surface area (Å²) in [7, 11) is -3.62. The summed E-state index contributed by atoms with van der Waals surface area (Å²) in [5.41, 5.74) is 4.24. The molecule has 0 aliphatic carbocycles. The van der Waals surface area contributed by atoms with Gasteiger partial charge >= 0.3 is 0 Å². The van der Waals surface area contributed by atoms with Crippen LogP contribution in [-0.4, -0.2) is 50.6 Å². The monoisotopic (exact) mass is 445 g/mol. The van der Waals surface area contributed by atoms with Gasteiger partial charge in [-0.2, -0.15) is 4.31 Å². The van der Waals surface area contributed by atoms with E-state index < -0.39 is 10.0 Å². The molecule has 8 heteroatoms. The molecule has 30 heavy (non-hydrogen) atoms. The molecule has 0 unspecified atom stereocenters. The fourth-order valence-electron chi connectivity index (χ4n) is 3.84. The second kappa shape index (κ2) is 8.24. The molecule has 2 aliphatic rings. The summed E-state index contributed by atoms with van der Waals surface area (Å²) in [5, 5.41) is 2.88. The van der Waals surface area contributed by atoms with E-state index in [1.54, 1.807) is 34.3 Å². The number of carbonyl (C=O) groups is 1. The molecule has 0 radical (unpaired) electrons. The molecule has 1 amide bonds. The number of sulfonamides is 1. The quantitative estimate of drug-likeness (QED) is 0.783. The molecule has 0 aromatic heterocycles. The van der Waals surface area contributed by atoms with E-state index in [4.69, 9.17) is 0 Å². The molecule has 2 aromatic carbocycles. The van der Waals surface area contributed by atoms with Crippen molar-refractivity contribution in [2.24, 2.45) is 5.92 Å². The van der Waals surface area contributed by atoms with Gasteiger partial charge in [-0.15, -0.1) is 11.8 Å². The molecule has 4 rings (SSSR count). The molecule has 0 spiro atoms. The highest BCUT2D eigenvalue weighted by molar-refractivity contribution is 7.99. The van der Waals surface area contributed by atoms with Crippen molar-refractivity contribution in [1.82, 2.24) is 4.31 Å². The Balaban J connectivity index is 1.52. The van der Waals surface area contributed by atoms with Gasteiger partial charge in [-0.05, 0) is 49.2 Å². The minimum Gasteiger partial charge on any atom is -0.369 e. The van der Waals surface area contributed by atoms with Crippen molar-refractivity contribution < 1.29 is 13.2 Å². The van der Waals surface area contributed by atoms with Gasteiger partial charge in [-0.1, -0.05) is 19.1 Å². The maximum atomic E-state index is 13.3. The van der Waals surface area contributed by atoms with Crippen LogP contribution in [0.5, 0.6) is 0 Å². The molecule has 1 saturated heterocycles. The number of carbonyl (C=O) groups excluding carboxylic acids is 1. The number of nitrogens with zero attached hydrogens (tertiary/aromatic N) is 2. The van der Waals surface area contributed by atoms with E-state index in [1.165, 1.54) is 16.8 Å². The predicted octanol–water partition coefficient (Wildman–Crippen LogP) is 3.49. The SMILES string of the molecule is Cc1cccc(N2CCN(S(=O)(=O)c3ccc4c(c3)NC(=O)[C@@H](C)CS4)CC2)c1C. The van der Waals surface area contributed by atoms with Crippen molar-refractivity contribution in [3.05, 3.63) is 47.5 Å². The summed E-state index contributed by atoms with van der Waals surface area (Å²) >= 11 is 1.58. The standard InChI is InChI=1S/C22H27N3O3S2/c1-15-5-4-6-20(17(15)3)24-9-11-25(12-10-24)30(27,28)18-7-8-21-19(13-18)23-22(26)16(2)14-29-21/h4-8,13,16H,9-12,14H2,1-3H3,(H,23,26)/t16-/m0/s1. The zero-order valence-electron chi connectivity index (χ0n) is 17.5. The Labute approximate surface area is 182 Å². The molecule has 1 fully saturated rings. The summed E-state index contributed by atoms with van der Waals surface area (Å²) < 4.78 is 28.1. The Morgan fingerprint density at radius 3 is 2.53 bits per heavy atom. The van der Waals surface area contributed by atoms with Crippen LogP contribution < -0.4 is 10.2 Å². The number of rotatable bonds is 3. The van der Waals surface area contributed by atoms with E-state index in [0.29, 0.717) is 37.6 Å². The van der Waals surface area contributed by atoms with Gasteiger partial charge in [0.2, 0.25) is 15.9 Å². The number of amides is 1. The molecule has 1 atom stereocenters. The zero-order valence-corrected chi connectivity index (χ0v) is 19.1. The van der Waals surface area contributed by atoms with E-state index in [9.17, 15) is 13.2 Å². The van der Waals surface area contributed by atoms with E-state index in [1.807, 2.05) is 13.0 Å². The van der Waals surface area contributed by atoms with Crippen molar-refractivity contribution in [2.75, 3.05) is 42.1 Å². The summed E-state index contributed by atoms with van der Waals surface area (Å²) in [5.74, 6) is 0.504. The lowest BCUT2D eigenvalue weighted by molar-refractivity contribution is -0.118. The minimum atomic E-state index is -3.62. The third-order valence-electron chi connectivity index (χ3n) is 5.94. The van der Waals surface area contributed by atoms with Gasteiger partial charge < -0.3 is 10.2 Å². The Kier molecular flexibility index (Phi) is 5.83. The van der Waals surface area contributed by atoms with Crippen molar-refractivity contribution in [3.63, 3.8) is 0 Å². The second-order valence-electron chi connectivity index (χ2n) is 7.97. The van der Waals surface area contributed by atoms with Crippen LogP contribution in [0.1, 0.15) is 18.1 Å². The lowest BCUT2D eigenvalue weighted by Crippen LogP contribution is -2.48. The van der Waals surface area contributed by atoms with Crippen LogP contribution in [0.4, 0.5) is 11.4 Å². The van der Waals surface area contributed by atoms with Crippen LogP contribution in [0.2, 0.25) is 0 Å². The van der Waals surface area contributed by atoms with E-state index in [-0.39, 0.29) is 16.7 Å². The van der Waals surface area contributed by atoms with Crippen LogP contribution in [0.3, 0.4) is 0 Å². The first-order valence-corrected chi connectivity index (χ1v) is 12.6. The number of nitrogens with one attached hydrogen (secondary N) is 1. The third kappa shape index (κ3) is 3.96. The summed E-state index contributed by atoms with van der Waals surface area (Å²) in [4.78, 5) is 15.6. The predicted molar refractivity (Wildman–Crippen MR) is 122 cm³/mol. The Morgan fingerprint density at radius 1 is 1.07 bits per heavy atom. The van der Waals surface area contributed by atoms with E-state index >= 15 is 0 Å². The van der Waals surface area contributed by atoms with Crippen LogP contribution in [0.15, 0.2) is 46.2 Å². The molecule has 160 valence electrons. The highest BCUT2D eigenvalue weighted by atomic mass is 32.2. The number of benzene rings is 2. The van der Waals surface area contributed by atoms with Crippen LogP contribution >= 0.6 is 11.8 Å².